The quantitative estimate of drug-likeness (QED) is 0.773. The molecule has 0 unspecified atom stereocenters. The van der Waals surface area contributed by atoms with Crippen LogP contribution in [0.1, 0.15) is 4.88 Å². The Morgan fingerprint density at radius 1 is 1.19 bits per heavy atom. The molecule has 114 valence electrons. The predicted molar refractivity (Wildman–Crippen MR) is 82.2 cm³/mol. The molecule has 0 aliphatic rings. The van der Waals surface area contributed by atoms with Gasteiger partial charge in [-0.25, -0.2) is 13.1 Å². The summed E-state index contributed by atoms with van der Waals surface area (Å²) in [6.45, 7) is 0.473. The second-order valence-electron chi connectivity index (χ2n) is 4.27. The van der Waals surface area contributed by atoms with E-state index in [9.17, 15) is 8.42 Å². The number of hydrogen-bond donors (Lipinski definition) is 2. The Balaban J connectivity index is 1.92. The zero-order valence-corrected chi connectivity index (χ0v) is 13.0. The van der Waals surface area contributed by atoms with Gasteiger partial charge in [0.25, 0.3) is 0 Å². The summed E-state index contributed by atoms with van der Waals surface area (Å²) < 4.78 is 32.0. The predicted octanol–water partition coefficient (Wildman–Crippen LogP) is 1.64. The number of ether oxygens (including phenoxy) is 1. The van der Waals surface area contributed by atoms with Gasteiger partial charge in [0, 0.05) is 11.4 Å². The van der Waals surface area contributed by atoms with Crippen LogP contribution in [0.3, 0.4) is 0 Å². The first-order valence-corrected chi connectivity index (χ1v) is 8.84. The van der Waals surface area contributed by atoms with Crippen molar-refractivity contribution in [2.24, 2.45) is 0 Å². The Morgan fingerprint density at radius 3 is 2.57 bits per heavy atom. The maximum atomic E-state index is 12.1. The van der Waals surface area contributed by atoms with Gasteiger partial charge in [-0.2, -0.15) is 0 Å². The van der Waals surface area contributed by atoms with Gasteiger partial charge < -0.3 is 9.84 Å². The van der Waals surface area contributed by atoms with Crippen LogP contribution in [0.25, 0.3) is 0 Å². The van der Waals surface area contributed by atoms with Crippen LogP contribution >= 0.6 is 11.3 Å². The number of aliphatic hydroxyl groups excluding tert-OH is 1. The second-order valence-corrected chi connectivity index (χ2v) is 7.07. The standard InChI is InChI=1S/C14H17NO4S2/c16-9-10-19-12-3-5-14(6-4-12)21(17,18)15-8-7-13-2-1-11-20-13/h1-6,11,15-16H,7-10H2. The summed E-state index contributed by atoms with van der Waals surface area (Å²) in [6.07, 6.45) is 0.675. The number of nitrogens with one attached hydrogen (secondary N) is 1. The molecule has 7 heteroatoms. The van der Waals surface area contributed by atoms with E-state index in [1.54, 1.807) is 23.5 Å². The van der Waals surface area contributed by atoms with E-state index >= 15 is 0 Å². The highest BCUT2D eigenvalue weighted by molar-refractivity contribution is 7.89. The van der Waals surface area contributed by atoms with Gasteiger partial charge in [0.15, 0.2) is 0 Å². The summed E-state index contributed by atoms with van der Waals surface area (Å²) in [6, 6.07) is 10.0. The Kier molecular flexibility index (Phi) is 5.75. The van der Waals surface area contributed by atoms with Crippen LogP contribution in [0.15, 0.2) is 46.7 Å². The van der Waals surface area contributed by atoms with Gasteiger partial charge in [0.2, 0.25) is 10.0 Å². The highest BCUT2D eigenvalue weighted by Crippen LogP contribution is 2.16. The smallest absolute Gasteiger partial charge is 0.240 e. The van der Waals surface area contributed by atoms with E-state index in [2.05, 4.69) is 4.72 Å². The van der Waals surface area contributed by atoms with E-state index in [0.29, 0.717) is 18.7 Å². The molecule has 0 aliphatic heterocycles. The van der Waals surface area contributed by atoms with Crippen molar-refractivity contribution in [1.82, 2.24) is 4.72 Å². The van der Waals surface area contributed by atoms with Crippen LogP contribution in [0.4, 0.5) is 0 Å². The third kappa shape index (κ3) is 4.82. The summed E-state index contributed by atoms with van der Waals surface area (Å²) in [7, 11) is -3.50. The average Bonchev–Trinajstić information content (AvgIpc) is 2.98. The topological polar surface area (TPSA) is 75.6 Å². The molecule has 21 heavy (non-hydrogen) atoms. The number of thiophene rings is 1. The van der Waals surface area contributed by atoms with Gasteiger partial charge >= 0.3 is 0 Å². The van der Waals surface area contributed by atoms with Crippen molar-refractivity contribution in [3.8, 4) is 5.75 Å². The Labute approximate surface area is 128 Å². The van der Waals surface area contributed by atoms with Gasteiger partial charge in [0.1, 0.15) is 12.4 Å². The summed E-state index contributed by atoms with van der Waals surface area (Å²) in [4.78, 5) is 1.34. The number of benzene rings is 1. The zero-order chi connectivity index (χ0) is 15.1. The molecule has 1 aromatic carbocycles. The summed E-state index contributed by atoms with van der Waals surface area (Å²) in [5, 5.41) is 10.6. The zero-order valence-electron chi connectivity index (χ0n) is 11.4. The van der Waals surface area contributed by atoms with E-state index in [0.717, 1.165) is 4.88 Å². The molecule has 0 aliphatic carbocycles. The lowest BCUT2D eigenvalue weighted by molar-refractivity contribution is 0.201. The largest absolute Gasteiger partial charge is 0.491 e. The van der Waals surface area contributed by atoms with Crippen molar-refractivity contribution in [2.75, 3.05) is 19.8 Å². The van der Waals surface area contributed by atoms with Crippen LogP contribution < -0.4 is 9.46 Å². The molecule has 0 atom stereocenters. The molecule has 2 aromatic rings. The van der Waals surface area contributed by atoms with Crippen LogP contribution in [0, 0.1) is 0 Å². The Morgan fingerprint density at radius 2 is 1.95 bits per heavy atom. The molecule has 0 saturated heterocycles. The minimum atomic E-state index is -3.50. The summed E-state index contributed by atoms with van der Waals surface area (Å²) in [5.41, 5.74) is 0. The van der Waals surface area contributed by atoms with Gasteiger partial charge in [-0.3, -0.25) is 0 Å². The monoisotopic (exact) mass is 327 g/mol. The molecular formula is C14H17NO4S2. The highest BCUT2D eigenvalue weighted by Gasteiger charge is 2.13. The van der Waals surface area contributed by atoms with Crippen molar-refractivity contribution in [1.29, 1.82) is 0 Å². The van der Waals surface area contributed by atoms with Crippen LogP contribution in [-0.2, 0) is 16.4 Å². The van der Waals surface area contributed by atoms with Gasteiger partial charge in [-0.05, 0) is 42.1 Å². The molecule has 0 spiro atoms. The van der Waals surface area contributed by atoms with E-state index in [1.807, 2.05) is 17.5 Å². The Hall–Kier alpha value is -1.41. The molecule has 5 nitrogen and oxygen atoms in total. The molecule has 0 bridgehead atoms. The number of aliphatic hydroxyl groups is 1. The van der Waals surface area contributed by atoms with Crippen molar-refractivity contribution in [3.63, 3.8) is 0 Å². The van der Waals surface area contributed by atoms with Crippen LogP contribution in [-0.4, -0.2) is 33.3 Å². The molecule has 2 rings (SSSR count). The lowest BCUT2D eigenvalue weighted by Crippen LogP contribution is -2.25. The van der Waals surface area contributed by atoms with Gasteiger partial charge in [-0.15, -0.1) is 11.3 Å². The normalized spacial score (nSPS) is 11.5. The fourth-order valence-corrected chi connectivity index (χ4v) is 3.47. The lowest BCUT2D eigenvalue weighted by Gasteiger charge is -2.08. The van der Waals surface area contributed by atoms with Gasteiger partial charge in [0.05, 0.1) is 11.5 Å². The van der Waals surface area contributed by atoms with E-state index < -0.39 is 10.0 Å². The first kappa shape index (κ1) is 16.0. The first-order chi connectivity index (χ1) is 10.1. The maximum absolute atomic E-state index is 12.1. The molecule has 0 amide bonds. The van der Waals surface area contributed by atoms with Crippen molar-refractivity contribution in [3.05, 3.63) is 46.7 Å². The molecular weight excluding hydrogens is 310 g/mol. The van der Waals surface area contributed by atoms with E-state index in [1.165, 1.54) is 12.1 Å². The first-order valence-electron chi connectivity index (χ1n) is 6.47. The number of rotatable bonds is 8. The average molecular weight is 327 g/mol. The molecule has 2 N–H and O–H groups in total. The Bertz CT molecular complexity index is 636. The van der Waals surface area contributed by atoms with E-state index in [-0.39, 0.29) is 18.1 Å². The van der Waals surface area contributed by atoms with Crippen LogP contribution in [0.5, 0.6) is 5.75 Å². The fourth-order valence-electron chi connectivity index (χ4n) is 1.73. The molecule has 0 saturated carbocycles. The molecule has 1 aromatic heterocycles. The maximum Gasteiger partial charge on any atom is 0.240 e. The number of sulfonamides is 1. The summed E-state index contributed by atoms with van der Waals surface area (Å²) >= 11 is 1.61. The lowest BCUT2D eigenvalue weighted by atomic mass is 10.3. The van der Waals surface area contributed by atoms with Crippen molar-refractivity contribution < 1.29 is 18.3 Å². The third-order valence-corrected chi connectivity index (χ3v) is 5.15. The molecule has 0 radical (unpaired) electrons. The van der Waals surface area contributed by atoms with E-state index in [4.69, 9.17) is 9.84 Å². The third-order valence-electron chi connectivity index (χ3n) is 2.74. The van der Waals surface area contributed by atoms with Crippen molar-refractivity contribution >= 4 is 21.4 Å². The number of hydrogen-bond acceptors (Lipinski definition) is 5. The SMILES string of the molecule is O=S(=O)(NCCc1cccs1)c1ccc(OCCO)cc1. The van der Waals surface area contributed by atoms with Crippen LogP contribution in [0.2, 0.25) is 0 Å². The minimum Gasteiger partial charge on any atom is -0.491 e. The molecule has 1 heterocycles. The van der Waals surface area contributed by atoms with Crippen molar-refractivity contribution in [2.45, 2.75) is 11.3 Å². The second kappa shape index (κ2) is 7.56. The highest BCUT2D eigenvalue weighted by atomic mass is 32.2. The van der Waals surface area contributed by atoms with Gasteiger partial charge in [-0.1, -0.05) is 6.07 Å². The minimum absolute atomic E-state index is 0.0790. The summed E-state index contributed by atoms with van der Waals surface area (Å²) in [5.74, 6) is 0.529. The molecule has 0 fully saturated rings. The fraction of sp³-hybridized carbons (Fsp3) is 0.286.